The third-order valence-corrected chi connectivity index (χ3v) is 11.7. The number of rotatable bonds is 20. The van der Waals surface area contributed by atoms with Crippen molar-refractivity contribution in [2.24, 2.45) is 22.9 Å². The van der Waals surface area contributed by atoms with Gasteiger partial charge >= 0.3 is 6.09 Å². The van der Waals surface area contributed by atoms with E-state index in [1.54, 1.807) is 29.2 Å². The molecule has 0 bridgehead atoms. The molecule has 1 heterocycles. The number of halogens is 1. The SMILES string of the molecule is C=CCO[C@@]12Oc3ccc(OCc4ccccc4F)cc3[C@H]3[C@H](CCCCO)[C@@H](CCCCO)C=C(C(=NOC(C)(C)C)C[C@@H]1N(CCC)C(=O)OCc1ccccc1)[C@H]32. The Balaban J connectivity index is 1.55. The first kappa shape index (κ1) is 44.8. The molecule has 2 aliphatic carbocycles. The van der Waals surface area contributed by atoms with Gasteiger partial charge in [0, 0.05) is 43.2 Å². The number of ether oxygens (including phenoxy) is 4. The first-order valence-electron chi connectivity index (χ1n) is 21.6. The minimum absolute atomic E-state index is 0.0355. The van der Waals surface area contributed by atoms with Crippen LogP contribution in [0.5, 0.6) is 11.5 Å². The third kappa shape index (κ3) is 10.4. The Morgan fingerprint density at radius 2 is 1.73 bits per heavy atom. The summed E-state index contributed by atoms with van der Waals surface area (Å²) in [6, 6.07) is 21.2. The fourth-order valence-electron chi connectivity index (χ4n) is 9.12. The topological polar surface area (TPSA) is 119 Å². The Kier molecular flexibility index (Phi) is 15.5. The number of oxime groups is 1. The summed E-state index contributed by atoms with van der Waals surface area (Å²) in [5, 5.41) is 24.7. The van der Waals surface area contributed by atoms with Crippen LogP contribution in [0.15, 0.2) is 102 Å². The Morgan fingerprint density at radius 1 is 1.00 bits per heavy atom. The predicted molar refractivity (Wildman–Crippen MR) is 230 cm³/mol. The predicted octanol–water partition coefficient (Wildman–Crippen LogP) is 9.89. The van der Waals surface area contributed by atoms with Crippen molar-refractivity contribution >= 4 is 11.8 Å². The summed E-state index contributed by atoms with van der Waals surface area (Å²) in [5.74, 6) is -1.20. The molecule has 2 N–H and O–H groups in total. The second-order valence-electron chi connectivity index (χ2n) is 17.1. The highest BCUT2D eigenvalue weighted by atomic mass is 19.1. The Labute approximate surface area is 355 Å². The average Bonchev–Trinajstić information content (AvgIpc) is 3.24. The minimum atomic E-state index is -1.42. The third-order valence-electron chi connectivity index (χ3n) is 11.7. The summed E-state index contributed by atoms with van der Waals surface area (Å²) in [6.07, 6.45) is 8.97. The van der Waals surface area contributed by atoms with Crippen molar-refractivity contribution in [2.45, 2.75) is 116 Å². The number of amides is 1. The van der Waals surface area contributed by atoms with Crippen LogP contribution in [0, 0.1) is 23.6 Å². The van der Waals surface area contributed by atoms with E-state index in [1.807, 2.05) is 76.2 Å². The Bertz CT molecular complexity index is 1950. The van der Waals surface area contributed by atoms with Crippen molar-refractivity contribution in [3.05, 3.63) is 120 Å². The molecule has 6 rings (SSSR count). The number of aliphatic hydroxyl groups is 2. The van der Waals surface area contributed by atoms with Crippen LogP contribution in [0.1, 0.15) is 102 Å². The van der Waals surface area contributed by atoms with Gasteiger partial charge in [0.05, 0.1) is 18.2 Å². The molecule has 0 spiro atoms. The van der Waals surface area contributed by atoms with E-state index >= 15 is 0 Å². The first-order chi connectivity index (χ1) is 29.0. The maximum atomic E-state index is 14.7. The summed E-state index contributed by atoms with van der Waals surface area (Å²) in [6.45, 7) is 12.7. The lowest BCUT2D eigenvalue weighted by molar-refractivity contribution is -0.255. The van der Waals surface area contributed by atoms with Gasteiger partial charge in [0.25, 0.3) is 0 Å². The van der Waals surface area contributed by atoms with E-state index in [1.165, 1.54) is 6.07 Å². The fraction of sp³-hybridized carbons (Fsp3) is 0.510. The number of fused-ring (bicyclic) bond motifs is 2. The van der Waals surface area contributed by atoms with E-state index in [0.29, 0.717) is 48.6 Å². The molecule has 0 unspecified atom stereocenters. The zero-order valence-electron chi connectivity index (χ0n) is 35.7. The molecule has 324 valence electrons. The quantitative estimate of drug-likeness (QED) is 0.0657. The maximum absolute atomic E-state index is 14.7. The van der Waals surface area contributed by atoms with Crippen LogP contribution in [-0.4, -0.2) is 70.7 Å². The van der Waals surface area contributed by atoms with Gasteiger partial charge in [0.1, 0.15) is 42.2 Å². The molecule has 1 amide bonds. The zero-order valence-corrected chi connectivity index (χ0v) is 35.7. The maximum Gasteiger partial charge on any atom is 0.410 e. The molecule has 1 saturated carbocycles. The highest BCUT2D eigenvalue weighted by Gasteiger charge is 2.65. The van der Waals surface area contributed by atoms with Crippen molar-refractivity contribution in [3.8, 4) is 11.5 Å². The lowest BCUT2D eigenvalue weighted by Crippen LogP contribution is -2.70. The highest BCUT2D eigenvalue weighted by Crippen LogP contribution is 2.62. The summed E-state index contributed by atoms with van der Waals surface area (Å²) >= 11 is 0. The number of aliphatic hydroxyl groups excluding tert-OH is 2. The van der Waals surface area contributed by atoms with E-state index in [2.05, 4.69) is 12.7 Å². The smallest absolute Gasteiger partial charge is 0.410 e. The van der Waals surface area contributed by atoms with Crippen molar-refractivity contribution in [1.82, 2.24) is 4.90 Å². The molecular formula is C49H63FN2O8. The number of unbranched alkanes of at least 4 members (excludes halogenated alkanes) is 2. The second-order valence-corrected chi connectivity index (χ2v) is 17.1. The first-order valence-corrected chi connectivity index (χ1v) is 21.6. The van der Waals surface area contributed by atoms with Crippen LogP contribution in [-0.2, 0) is 27.5 Å². The Morgan fingerprint density at radius 3 is 2.43 bits per heavy atom. The number of allylic oxidation sites excluding steroid dienone is 1. The van der Waals surface area contributed by atoms with Crippen LogP contribution in [0.3, 0.4) is 0 Å². The molecule has 60 heavy (non-hydrogen) atoms. The molecule has 1 fully saturated rings. The average molecular weight is 827 g/mol. The molecule has 1 aliphatic heterocycles. The van der Waals surface area contributed by atoms with Gasteiger partial charge in [-0.15, -0.1) is 6.58 Å². The standard InChI is InChI=1S/C49H63FN2O8/c1-6-25-52(47(55)57-32-34-17-9-8-10-18-34)44-31-42(51-60-48(3,4)5)39-29-35(19-13-15-26-53)38(21-14-16-27-54)45-40-30-37(56-33-36-20-11-12-22-41(36)50)23-24-43(40)59-49(44,46(39)45)58-28-7-2/h7-12,17-18,20,22-24,29-30,35,38,44-46,53-54H,2,6,13-16,19,21,25-28,31-33H2,1,3-5H3/t35-,38+,44-,45+,46+,49+/m0/s1. The van der Waals surface area contributed by atoms with E-state index in [9.17, 15) is 19.4 Å². The largest absolute Gasteiger partial charge is 0.489 e. The van der Waals surface area contributed by atoms with Crippen LogP contribution in [0.4, 0.5) is 9.18 Å². The molecule has 3 aromatic rings. The molecule has 3 aromatic carbocycles. The summed E-state index contributed by atoms with van der Waals surface area (Å²) in [5.41, 5.74) is 3.28. The molecule has 0 aromatic heterocycles. The van der Waals surface area contributed by atoms with Crippen LogP contribution in [0.25, 0.3) is 0 Å². The molecule has 0 saturated heterocycles. The van der Waals surface area contributed by atoms with Crippen molar-refractivity contribution < 1.29 is 43.2 Å². The molecule has 0 radical (unpaired) electrons. The lowest BCUT2D eigenvalue weighted by atomic mass is 9.55. The number of benzene rings is 3. The minimum Gasteiger partial charge on any atom is -0.489 e. The van der Waals surface area contributed by atoms with Gasteiger partial charge in [-0.05, 0) is 100 Å². The Hall–Kier alpha value is -4.71. The van der Waals surface area contributed by atoms with Gasteiger partial charge in [-0.2, -0.15) is 0 Å². The zero-order chi connectivity index (χ0) is 42.7. The van der Waals surface area contributed by atoms with Crippen LogP contribution >= 0.6 is 0 Å². The van der Waals surface area contributed by atoms with E-state index < -0.39 is 29.4 Å². The summed E-state index contributed by atoms with van der Waals surface area (Å²) in [4.78, 5) is 22.5. The normalized spacial score (nSPS) is 23.8. The van der Waals surface area contributed by atoms with Crippen molar-refractivity contribution in [1.29, 1.82) is 0 Å². The lowest BCUT2D eigenvalue weighted by Gasteiger charge is -2.60. The van der Waals surface area contributed by atoms with Gasteiger partial charge < -0.3 is 34.0 Å². The molecule has 3 aliphatic rings. The highest BCUT2D eigenvalue weighted by molar-refractivity contribution is 6.03. The summed E-state index contributed by atoms with van der Waals surface area (Å²) in [7, 11) is 0. The monoisotopic (exact) mass is 826 g/mol. The van der Waals surface area contributed by atoms with Crippen molar-refractivity contribution in [2.75, 3.05) is 26.4 Å². The summed E-state index contributed by atoms with van der Waals surface area (Å²) < 4.78 is 41.5. The molecular weight excluding hydrogens is 764 g/mol. The fourth-order valence-corrected chi connectivity index (χ4v) is 9.12. The van der Waals surface area contributed by atoms with Gasteiger partial charge in [-0.3, -0.25) is 4.90 Å². The van der Waals surface area contributed by atoms with E-state index in [4.69, 9.17) is 28.9 Å². The van der Waals surface area contributed by atoms with Crippen LogP contribution < -0.4 is 9.47 Å². The van der Waals surface area contributed by atoms with E-state index in [-0.39, 0.29) is 63.0 Å². The van der Waals surface area contributed by atoms with Gasteiger partial charge in [0.15, 0.2) is 0 Å². The van der Waals surface area contributed by atoms with Crippen LogP contribution in [0.2, 0.25) is 0 Å². The second kappa shape index (κ2) is 20.7. The molecule has 11 heteroatoms. The van der Waals surface area contributed by atoms with Crippen molar-refractivity contribution in [3.63, 3.8) is 0 Å². The molecule has 6 atom stereocenters. The number of carbonyl (C=O) groups excluding carboxylic acids is 1. The van der Waals surface area contributed by atoms with Gasteiger partial charge in [-0.25, -0.2) is 9.18 Å². The molecule has 10 nitrogen and oxygen atoms in total. The number of hydrogen-bond acceptors (Lipinski definition) is 9. The van der Waals surface area contributed by atoms with Gasteiger partial charge in [-0.1, -0.05) is 85.6 Å². The number of carbonyl (C=O) groups is 1. The van der Waals surface area contributed by atoms with E-state index in [0.717, 1.165) is 42.4 Å². The number of nitrogens with zero attached hydrogens (tertiary/aromatic N) is 2. The van der Waals surface area contributed by atoms with Gasteiger partial charge in [0.2, 0.25) is 5.79 Å². The number of hydrogen-bond donors (Lipinski definition) is 2.